The monoisotopic (exact) mass is 427 g/mol. The molecule has 1 saturated heterocycles. The molecule has 1 aromatic heterocycles. The maximum atomic E-state index is 12.7. The third-order valence-electron chi connectivity index (χ3n) is 4.93. The second-order valence-electron chi connectivity index (χ2n) is 6.80. The van der Waals surface area contributed by atoms with Gasteiger partial charge in [-0.3, -0.25) is 4.79 Å². The number of methoxy groups -OCH3 is 2. The minimum atomic E-state index is -0.470. The number of ether oxygens (including phenoxy) is 4. The number of morpholine rings is 1. The summed E-state index contributed by atoms with van der Waals surface area (Å²) < 4.78 is 26.9. The zero-order chi connectivity index (χ0) is 22.0. The maximum absolute atomic E-state index is 12.7. The number of carbonyl (C=O) groups excluding carboxylic acids is 1. The van der Waals surface area contributed by atoms with Crippen LogP contribution in [0.5, 0.6) is 23.0 Å². The summed E-state index contributed by atoms with van der Waals surface area (Å²) in [5.41, 5.74) is 0.208. The van der Waals surface area contributed by atoms with E-state index in [9.17, 15) is 14.7 Å². The zero-order valence-corrected chi connectivity index (χ0v) is 17.0. The number of carbonyl (C=O) groups is 1. The highest BCUT2D eigenvalue weighted by Gasteiger charge is 2.21. The van der Waals surface area contributed by atoms with Crippen LogP contribution < -0.4 is 19.6 Å². The number of phenolic OH excluding ortho intramolecular Hbond substituents is 1. The number of rotatable bonds is 4. The maximum Gasteiger partial charge on any atom is 0.415 e. The standard InChI is InChI=1S/C22H21NO8/c1-27-18-12-17-19(20(25)21(18)28-2)15(24)11-16(31-17)13-4-3-5-14(10-13)30-22(26)23-6-8-29-9-7-23/h3-5,10-12,25H,6-9H2,1-2H3. The minimum absolute atomic E-state index is 0.0173. The van der Waals surface area contributed by atoms with Crippen LogP contribution in [0.3, 0.4) is 0 Å². The lowest BCUT2D eigenvalue weighted by Gasteiger charge is -2.25. The van der Waals surface area contributed by atoms with Crippen LogP contribution in [0.2, 0.25) is 0 Å². The van der Waals surface area contributed by atoms with Crippen LogP contribution in [0.25, 0.3) is 22.3 Å². The van der Waals surface area contributed by atoms with Gasteiger partial charge in [-0.05, 0) is 12.1 Å². The largest absolute Gasteiger partial charge is 0.504 e. The molecule has 0 aliphatic carbocycles. The summed E-state index contributed by atoms with van der Waals surface area (Å²) in [6, 6.07) is 9.38. The van der Waals surface area contributed by atoms with Gasteiger partial charge >= 0.3 is 6.09 Å². The molecular formula is C22H21NO8. The molecule has 4 rings (SSSR count). The van der Waals surface area contributed by atoms with Crippen molar-refractivity contribution in [3.63, 3.8) is 0 Å². The van der Waals surface area contributed by atoms with Gasteiger partial charge in [-0.15, -0.1) is 0 Å². The fraction of sp³-hybridized carbons (Fsp3) is 0.273. The van der Waals surface area contributed by atoms with Gasteiger partial charge in [-0.25, -0.2) is 4.79 Å². The molecule has 0 radical (unpaired) electrons. The Morgan fingerprint density at radius 2 is 1.87 bits per heavy atom. The molecule has 0 spiro atoms. The Labute approximate surface area is 177 Å². The molecule has 3 aromatic rings. The SMILES string of the molecule is COc1cc2oc(-c3cccc(OC(=O)N4CCOCC4)c3)cc(=O)c2c(O)c1OC. The predicted molar refractivity (Wildman–Crippen MR) is 111 cm³/mol. The predicted octanol–water partition coefficient (Wildman–Crippen LogP) is 3.01. The summed E-state index contributed by atoms with van der Waals surface area (Å²) in [7, 11) is 2.78. The summed E-state index contributed by atoms with van der Waals surface area (Å²) in [5.74, 6) is 0.471. The van der Waals surface area contributed by atoms with Gasteiger partial charge in [0.05, 0.1) is 27.4 Å². The molecule has 31 heavy (non-hydrogen) atoms. The molecule has 9 nitrogen and oxygen atoms in total. The van der Waals surface area contributed by atoms with E-state index < -0.39 is 11.5 Å². The zero-order valence-electron chi connectivity index (χ0n) is 17.0. The van der Waals surface area contributed by atoms with Gasteiger partial charge in [-0.1, -0.05) is 12.1 Å². The topological polar surface area (TPSA) is 108 Å². The molecule has 2 heterocycles. The van der Waals surface area contributed by atoms with Crippen molar-refractivity contribution in [2.45, 2.75) is 0 Å². The van der Waals surface area contributed by atoms with Crippen LogP contribution >= 0.6 is 0 Å². The van der Waals surface area contributed by atoms with Gasteiger partial charge in [0.25, 0.3) is 0 Å². The molecule has 0 atom stereocenters. The van der Waals surface area contributed by atoms with Gasteiger partial charge in [0.1, 0.15) is 22.5 Å². The van der Waals surface area contributed by atoms with Crippen molar-refractivity contribution in [3.8, 4) is 34.3 Å². The van der Waals surface area contributed by atoms with Crippen molar-refractivity contribution < 1.29 is 33.3 Å². The number of amides is 1. The van der Waals surface area contributed by atoms with Gasteiger partial charge in [0.2, 0.25) is 5.75 Å². The van der Waals surface area contributed by atoms with Crippen LogP contribution in [-0.2, 0) is 4.74 Å². The summed E-state index contributed by atoms with van der Waals surface area (Å²) in [6.07, 6.45) is -0.470. The molecule has 1 amide bonds. The summed E-state index contributed by atoms with van der Waals surface area (Å²) in [5, 5.41) is 10.4. The number of nitrogens with zero attached hydrogens (tertiary/aromatic N) is 1. The molecule has 0 saturated carbocycles. The van der Waals surface area contributed by atoms with E-state index in [1.54, 1.807) is 29.2 Å². The van der Waals surface area contributed by atoms with Crippen LogP contribution in [0.1, 0.15) is 0 Å². The van der Waals surface area contributed by atoms with Gasteiger partial charge in [0, 0.05) is 30.8 Å². The molecule has 1 fully saturated rings. The van der Waals surface area contributed by atoms with E-state index in [1.807, 2.05) is 0 Å². The van der Waals surface area contributed by atoms with Crippen molar-refractivity contribution in [2.75, 3.05) is 40.5 Å². The van der Waals surface area contributed by atoms with E-state index in [4.69, 9.17) is 23.4 Å². The highest BCUT2D eigenvalue weighted by Crippen LogP contribution is 2.42. The summed E-state index contributed by atoms with van der Waals surface area (Å²) in [4.78, 5) is 26.6. The third kappa shape index (κ3) is 3.99. The van der Waals surface area contributed by atoms with Gasteiger partial charge < -0.3 is 33.4 Å². The number of phenols is 1. The molecule has 0 bridgehead atoms. The second kappa shape index (κ2) is 8.57. The van der Waals surface area contributed by atoms with Crippen LogP contribution in [0.4, 0.5) is 4.79 Å². The van der Waals surface area contributed by atoms with E-state index in [0.717, 1.165) is 0 Å². The first-order valence-electron chi connectivity index (χ1n) is 9.58. The molecule has 1 aliphatic rings. The molecule has 2 aromatic carbocycles. The van der Waals surface area contributed by atoms with Gasteiger partial charge in [-0.2, -0.15) is 0 Å². The fourth-order valence-electron chi connectivity index (χ4n) is 3.38. The van der Waals surface area contributed by atoms with Crippen molar-refractivity contribution in [1.82, 2.24) is 4.90 Å². The van der Waals surface area contributed by atoms with E-state index in [2.05, 4.69) is 0 Å². The van der Waals surface area contributed by atoms with E-state index in [0.29, 0.717) is 37.6 Å². The number of hydrogen-bond acceptors (Lipinski definition) is 8. The molecular weight excluding hydrogens is 406 g/mol. The Morgan fingerprint density at radius 1 is 1.10 bits per heavy atom. The lowest BCUT2D eigenvalue weighted by atomic mass is 10.1. The molecule has 1 aliphatic heterocycles. The van der Waals surface area contributed by atoms with Crippen molar-refractivity contribution >= 4 is 17.1 Å². The lowest BCUT2D eigenvalue weighted by molar-refractivity contribution is 0.0416. The lowest BCUT2D eigenvalue weighted by Crippen LogP contribution is -2.42. The molecule has 1 N–H and O–H groups in total. The second-order valence-corrected chi connectivity index (χ2v) is 6.80. The summed E-state index contributed by atoms with van der Waals surface area (Å²) in [6.45, 7) is 1.87. The smallest absolute Gasteiger partial charge is 0.415 e. The van der Waals surface area contributed by atoms with E-state index >= 15 is 0 Å². The average molecular weight is 427 g/mol. The van der Waals surface area contributed by atoms with Crippen LogP contribution in [0, 0.1) is 0 Å². The van der Waals surface area contributed by atoms with Gasteiger partial charge in [0.15, 0.2) is 16.9 Å². The van der Waals surface area contributed by atoms with Crippen LogP contribution in [0.15, 0.2) is 45.6 Å². The van der Waals surface area contributed by atoms with E-state index in [1.165, 1.54) is 26.4 Å². The van der Waals surface area contributed by atoms with Crippen LogP contribution in [-0.4, -0.2) is 56.6 Å². The highest BCUT2D eigenvalue weighted by molar-refractivity contribution is 5.89. The Kier molecular flexibility index (Phi) is 5.68. The van der Waals surface area contributed by atoms with Crippen molar-refractivity contribution in [1.29, 1.82) is 0 Å². The Hall–Kier alpha value is -3.72. The first kappa shape index (κ1) is 20.5. The number of aromatic hydroxyl groups is 1. The fourth-order valence-corrected chi connectivity index (χ4v) is 3.38. The normalized spacial score (nSPS) is 13.8. The quantitative estimate of drug-likeness (QED) is 0.677. The molecule has 0 unspecified atom stereocenters. The first-order valence-corrected chi connectivity index (χ1v) is 9.58. The Balaban J connectivity index is 1.69. The highest BCUT2D eigenvalue weighted by atomic mass is 16.6. The summed E-state index contributed by atoms with van der Waals surface area (Å²) >= 11 is 0. The minimum Gasteiger partial charge on any atom is -0.504 e. The third-order valence-corrected chi connectivity index (χ3v) is 4.93. The van der Waals surface area contributed by atoms with Crippen molar-refractivity contribution in [3.05, 3.63) is 46.6 Å². The number of hydrogen-bond donors (Lipinski definition) is 1. The molecule has 162 valence electrons. The van der Waals surface area contributed by atoms with E-state index in [-0.39, 0.29) is 34.0 Å². The Morgan fingerprint density at radius 3 is 2.58 bits per heavy atom. The number of fused-ring (bicyclic) bond motifs is 1. The Bertz CT molecular complexity index is 1180. The average Bonchev–Trinajstić information content (AvgIpc) is 2.79. The molecule has 9 heteroatoms. The first-order chi connectivity index (χ1) is 15.0. The number of benzene rings is 2. The van der Waals surface area contributed by atoms with Crippen molar-refractivity contribution in [2.24, 2.45) is 0 Å².